The molecule has 0 fully saturated rings. The van der Waals surface area contributed by atoms with E-state index in [9.17, 15) is 18.8 Å². The third-order valence-corrected chi connectivity index (χ3v) is 5.76. The van der Waals surface area contributed by atoms with Crippen LogP contribution in [0.5, 0.6) is 0 Å². The summed E-state index contributed by atoms with van der Waals surface area (Å²) in [5.74, 6) is 4.55. The first-order chi connectivity index (χ1) is 18.6. The van der Waals surface area contributed by atoms with E-state index in [-0.39, 0.29) is 30.1 Å². The summed E-state index contributed by atoms with van der Waals surface area (Å²) in [6.45, 7) is 1.40. The monoisotopic (exact) mass is 534 g/mol. The van der Waals surface area contributed by atoms with Crippen LogP contribution >= 0.6 is 0 Å². The minimum absolute atomic E-state index is 0.0387. The van der Waals surface area contributed by atoms with E-state index in [0.29, 0.717) is 12.1 Å². The molecular formula is C28H31FN6O4. The molecule has 0 aromatic heterocycles. The van der Waals surface area contributed by atoms with Crippen molar-refractivity contribution in [3.63, 3.8) is 0 Å². The number of hydrogen-bond donors (Lipinski definition) is 6. The van der Waals surface area contributed by atoms with Crippen molar-refractivity contribution < 1.29 is 24.0 Å². The standard InChI is InChI=1S/C28H31FN6O4/c1-18(36)33-25-7-3-6-22(14-25)21-5-2-4-19(12-21)13-26(15-27(37)34-39)35(31)17-24(30)16-32-28(38)20-8-10-23(29)11-9-20/h2-12,14,17,26,39H,13,15-16,30-31H2,1H3,(H,32,38)(H,33,36)(H,34,37)/b24-17-. The topological polar surface area (TPSA) is 163 Å². The van der Waals surface area contributed by atoms with Gasteiger partial charge >= 0.3 is 0 Å². The number of carbonyl (C=O) groups is 3. The molecule has 0 radical (unpaired) electrons. The summed E-state index contributed by atoms with van der Waals surface area (Å²) in [4.78, 5) is 35.7. The van der Waals surface area contributed by atoms with Crippen molar-refractivity contribution >= 4 is 23.4 Å². The van der Waals surface area contributed by atoms with Gasteiger partial charge in [-0.3, -0.25) is 19.6 Å². The molecule has 0 aliphatic heterocycles. The van der Waals surface area contributed by atoms with Gasteiger partial charge in [0.1, 0.15) is 5.82 Å². The lowest BCUT2D eigenvalue weighted by atomic mass is 9.97. The highest BCUT2D eigenvalue weighted by Gasteiger charge is 2.19. The Morgan fingerprint density at radius 3 is 2.36 bits per heavy atom. The Kier molecular flexibility index (Phi) is 10.1. The van der Waals surface area contributed by atoms with Gasteiger partial charge in [0.05, 0.1) is 19.0 Å². The Morgan fingerprint density at radius 2 is 1.69 bits per heavy atom. The number of halogens is 1. The molecule has 3 aromatic rings. The predicted octanol–water partition coefficient (Wildman–Crippen LogP) is 2.66. The first-order valence-corrected chi connectivity index (χ1v) is 12.1. The van der Waals surface area contributed by atoms with Crippen molar-refractivity contribution in [2.24, 2.45) is 11.6 Å². The number of nitrogens with two attached hydrogens (primary N) is 2. The number of anilines is 1. The van der Waals surface area contributed by atoms with Crippen molar-refractivity contribution in [2.75, 3.05) is 11.9 Å². The highest BCUT2D eigenvalue weighted by Crippen LogP contribution is 2.25. The van der Waals surface area contributed by atoms with E-state index >= 15 is 0 Å². The van der Waals surface area contributed by atoms with E-state index in [1.165, 1.54) is 42.4 Å². The van der Waals surface area contributed by atoms with E-state index in [0.717, 1.165) is 16.7 Å². The normalized spacial score (nSPS) is 11.8. The summed E-state index contributed by atoms with van der Waals surface area (Å²) in [6.07, 6.45) is 1.59. The molecule has 0 aliphatic carbocycles. The second-order valence-corrected chi connectivity index (χ2v) is 8.90. The number of carbonyl (C=O) groups excluding carboxylic acids is 3. The fraction of sp³-hybridized carbons (Fsp3) is 0.179. The molecule has 0 aliphatic rings. The van der Waals surface area contributed by atoms with Gasteiger partial charge in [0.15, 0.2) is 0 Å². The number of hydrogen-bond acceptors (Lipinski definition) is 7. The summed E-state index contributed by atoms with van der Waals surface area (Å²) in [6, 6.07) is 19.5. The van der Waals surface area contributed by atoms with Crippen molar-refractivity contribution in [1.82, 2.24) is 15.8 Å². The maximum Gasteiger partial charge on any atom is 0.251 e. The van der Waals surface area contributed by atoms with Crippen LogP contribution in [0.1, 0.15) is 29.3 Å². The van der Waals surface area contributed by atoms with Gasteiger partial charge in [-0.2, -0.15) is 0 Å². The van der Waals surface area contributed by atoms with Crippen molar-refractivity contribution in [1.29, 1.82) is 0 Å². The van der Waals surface area contributed by atoms with Crippen LogP contribution in [-0.2, 0) is 16.0 Å². The molecule has 0 saturated carbocycles. The van der Waals surface area contributed by atoms with Gasteiger partial charge in [0.2, 0.25) is 11.8 Å². The number of hydrazine groups is 1. The molecule has 0 bridgehead atoms. The highest BCUT2D eigenvalue weighted by atomic mass is 19.1. The Hall–Kier alpha value is -4.74. The maximum atomic E-state index is 13.1. The molecule has 0 heterocycles. The number of amides is 3. The zero-order chi connectivity index (χ0) is 28.4. The molecule has 3 amide bonds. The predicted molar refractivity (Wildman–Crippen MR) is 145 cm³/mol. The molecule has 3 rings (SSSR count). The number of nitrogens with zero attached hydrogens (tertiary/aromatic N) is 1. The van der Waals surface area contributed by atoms with Crippen LogP contribution in [0.4, 0.5) is 10.1 Å². The van der Waals surface area contributed by atoms with E-state index < -0.39 is 23.7 Å². The van der Waals surface area contributed by atoms with Gasteiger partial charge in [0.25, 0.3) is 5.91 Å². The van der Waals surface area contributed by atoms with Gasteiger partial charge in [-0.25, -0.2) is 15.7 Å². The average Bonchev–Trinajstić information content (AvgIpc) is 2.91. The average molecular weight is 535 g/mol. The molecule has 0 saturated heterocycles. The molecule has 204 valence electrons. The van der Waals surface area contributed by atoms with Crippen LogP contribution in [-0.4, -0.2) is 40.5 Å². The SMILES string of the molecule is CC(=O)Nc1cccc(-c2cccc(CC(CC(=O)NO)N(N)/C=C(\N)CNC(=O)c3ccc(F)cc3)c2)c1. The minimum atomic E-state index is -0.633. The van der Waals surface area contributed by atoms with Crippen molar-refractivity contribution in [2.45, 2.75) is 25.8 Å². The fourth-order valence-electron chi connectivity index (χ4n) is 3.90. The Bertz CT molecular complexity index is 1350. The first kappa shape index (κ1) is 28.8. The molecule has 0 spiro atoms. The molecular weight excluding hydrogens is 503 g/mol. The molecule has 1 unspecified atom stereocenters. The number of nitrogens with one attached hydrogen (secondary N) is 3. The van der Waals surface area contributed by atoms with Crippen molar-refractivity contribution in [3.05, 3.63) is 102 Å². The van der Waals surface area contributed by atoms with Crippen LogP contribution in [0, 0.1) is 5.82 Å². The molecule has 10 nitrogen and oxygen atoms in total. The van der Waals surface area contributed by atoms with Crippen LogP contribution in [0.15, 0.2) is 84.7 Å². The van der Waals surface area contributed by atoms with Gasteiger partial charge in [-0.05, 0) is 59.5 Å². The fourth-order valence-corrected chi connectivity index (χ4v) is 3.90. The van der Waals surface area contributed by atoms with Gasteiger partial charge < -0.3 is 21.4 Å². The Balaban J connectivity index is 1.73. The zero-order valence-electron chi connectivity index (χ0n) is 21.4. The minimum Gasteiger partial charge on any atom is -0.399 e. The summed E-state index contributed by atoms with van der Waals surface area (Å²) < 4.78 is 13.1. The van der Waals surface area contributed by atoms with Crippen LogP contribution < -0.4 is 27.7 Å². The first-order valence-electron chi connectivity index (χ1n) is 12.1. The lowest BCUT2D eigenvalue weighted by molar-refractivity contribution is -0.130. The number of hydroxylamine groups is 1. The highest BCUT2D eigenvalue weighted by molar-refractivity contribution is 5.94. The zero-order valence-corrected chi connectivity index (χ0v) is 21.4. The largest absolute Gasteiger partial charge is 0.399 e. The summed E-state index contributed by atoms with van der Waals surface area (Å²) in [7, 11) is 0. The second-order valence-electron chi connectivity index (χ2n) is 8.90. The van der Waals surface area contributed by atoms with E-state index in [1.807, 2.05) is 42.5 Å². The Morgan fingerprint density at radius 1 is 1.03 bits per heavy atom. The molecule has 3 aromatic carbocycles. The van der Waals surface area contributed by atoms with Crippen LogP contribution in [0.2, 0.25) is 0 Å². The summed E-state index contributed by atoms with van der Waals surface area (Å²) >= 11 is 0. The smallest absolute Gasteiger partial charge is 0.251 e. The van der Waals surface area contributed by atoms with Gasteiger partial charge in [-0.15, -0.1) is 0 Å². The third kappa shape index (κ3) is 8.95. The lowest BCUT2D eigenvalue weighted by Gasteiger charge is -2.26. The maximum absolute atomic E-state index is 13.1. The number of benzene rings is 3. The van der Waals surface area contributed by atoms with Crippen molar-refractivity contribution in [3.8, 4) is 11.1 Å². The molecule has 11 heteroatoms. The van der Waals surface area contributed by atoms with Gasteiger partial charge in [-0.1, -0.05) is 36.4 Å². The number of rotatable bonds is 11. The third-order valence-electron chi connectivity index (χ3n) is 5.76. The second kappa shape index (κ2) is 13.7. The lowest BCUT2D eigenvalue weighted by Crippen LogP contribution is -2.42. The van der Waals surface area contributed by atoms with E-state index in [1.54, 1.807) is 11.5 Å². The van der Waals surface area contributed by atoms with Crippen LogP contribution in [0.3, 0.4) is 0 Å². The summed E-state index contributed by atoms with van der Waals surface area (Å²) in [5, 5.41) is 15.7. The molecule has 1 atom stereocenters. The summed E-state index contributed by atoms with van der Waals surface area (Å²) in [5.41, 5.74) is 11.5. The van der Waals surface area contributed by atoms with Crippen LogP contribution in [0.25, 0.3) is 11.1 Å². The van der Waals surface area contributed by atoms with E-state index in [4.69, 9.17) is 16.8 Å². The Labute approximate surface area is 225 Å². The van der Waals surface area contributed by atoms with Gasteiger partial charge in [0, 0.05) is 30.1 Å². The quantitative estimate of drug-likeness (QED) is 0.125. The molecule has 8 N–H and O–H groups in total. The molecule has 39 heavy (non-hydrogen) atoms. The van der Waals surface area contributed by atoms with E-state index in [2.05, 4.69) is 10.6 Å².